The molecule has 0 radical (unpaired) electrons. The summed E-state index contributed by atoms with van der Waals surface area (Å²) >= 11 is 7.84. The highest BCUT2D eigenvalue weighted by Gasteiger charge is 2.14. The maximum Gasteiger partial charge on any atom is 0.0794 e. The molecule has 0 saturated carbocycles. The van der Waals surface area contributed by atoms with Crippen LogP contribution in [0.15, 0.2) is 30.2 Å². The molecule has 1 N–H and O–H groups in total. The number of hydrogen-bond donors (Lipinski definition) is 1. The van der Waals surface area contributed by atoms with Gasteiger partial charge in [0.15, 0.2) is 0 Å². The largest absolute Gasteiger partial charge is 0.309 e. The SMILES string of the molecule is CCCNC(Cc1ccncc1Cl)c1cncs1. The second-order valence-corrected chi connectivity index (χ2v) is 5.41. The molecule has 0 amide bonds. The van der Waals surface area contributed by atoms with Crippen LogP contribution in [-0.2, 0) is 6.42 Å². The van der Waals surface area contributed by atoms with Crippen molar-refractivity contribution in [2.45, 2.75) is 25.8 Å². The summed E-state index contributed by atoms with van der Waals surface area (Å²) < 4.78 is 0. The minimum Gasteiger partial charge on any atom is -0.309 e. The summed E-state index contributed by atoms with van der Waals surface area (Å²) in [5.74, 6) is 0. The van der Waals surface area contributed by atoms with Gasteiger partial charge in [0.25, 0.3) is 0 Å². The van der Waals surface area contributed by atoms with Gasteiger partial charge in [-0.25, -0.2) is 0 Å². The van der Waals surface area contributed by atoms with Crippen molar-refractivity contribution >= 4 is 22.9 Å². The molecule has 1 atom stereocenters. The highest BCUT2D eigenvalue weighted by Crippen LogP contribution is 2.24. The Balaban J connectivity index is 2.13. The Bertz CT molecular complexity index is 473. The topological polar surface area (TPSA) is 37.8 Å². The van der Waals surface area contributed by atoms with Crippen molar-refractivity contribution in [1.82, 2.24) is 15.3 Å². The van der Waals surface area contributed by atoms with Crippen LogP contribution in [0.25, 0.3) is 0 Å². The fourth-order valence-electron chi connectivity index (χ4n) is 1.78. The maximum atomic E-state index is 6.16. The molecule has 0 aliphatic carbocycles. The van der Waals surface area contributed by atoms with Gasteiger partial charge in [-0.15, -0.1) is 11.3 Å². The number of nitrogens with one attached hydrogen (secondary N) is 1. The third-order valence-corrected chi connectivity index (χ3v) is 3.95. The molecule has 0 aromatic carbocycles. The summed E-state index contributed by atoms with van der Waals surface area (Å²) in [4.78, 5) is 9.41. The first-order valence-electron chi connectivity index (χ1n) is 6.01. The Morgan fingerprint density at radius 2 is 2.28 bits per heavy atom. The Morgan fingerprint density at radius 1 is 1.39 bits per heavy atom. The van der Waals surface area contributed by atoms with Crippen LogP contribution in [-0.4, -0.2) is 16.5 Å². The summed E-state index contributed by atoms with van der Waals surface area (Å²) in [5, 5.41) is 4.27. The van der Waals surface area contributed by atoms with Gasteiger partial charge in [-0.2, -0.15) is 0 Å². The van der Waals surface area contributed by atoms with Gasteiger partial charge >= 0.3 is 0 Å². The van der Waals surface area contributed by atoms with Gasteiger partial charge in [-0.3, -0.25) is 9.97 Å². The Kier molecular flexibility index (Phi) is 5.11. The highest BCUT2D eigenvalue weighted by molar-refractivity contribution is 7.09. The fraction of sp³-hybridized carbons (Fsp3) is 0.385. The van der Waals surface area contributed by atoms with Gasteiger partial charge < -0.3 is 5.32 Å². The Hall–Kier alpha value is -0.970. The minimum atomic E-state index is 0.275. The molecule has 96 valence electrons. The van der Waals surface area contributed by atoms with Gasteiger partial charge in [-0.05, 0) is 31.0 Å². The van der Waals surface area contributed by atoms with Crippen LogP contribution in [0.1, 0.15) is 29.8 Å². The van der Waals surface area contributed by atoms with E-state index in [0.29, 0.717) is 0 Å². The lowest BCUT2D eigenvalue weighted by molar-refractivity contribution is 0.536. The summed E-state index contributed by atoms with van der Waals surface area (Å²) in [6.45, 7) is 3.15. The number of halogens is 1. The molecule has 0 aliphatic rings. The molecule has 2 aromatic heterocycles. The number of rotatable bonds is 6. The van der Waals surface area contributed by atoms with E-state index in [-0.39, 0.29) is 6.04 Å². The first-order valence-corrected chi connectivity index (χ1v) is 7.27. The monoisotopic (exact) mass is 281 g/mol. The number of hydrogen-bond acceptors (Lipinski definition) is 4. The average Bonchev–Trinajstić information content (AvgIpc) is 2.90. The van der Waals surface area contributed by atoms with E-state index in [1.807, 2.05) is 17.8 Å². The summed E-state index contributed by atoms with van der Waals surface area (Å²) in [6, 6.07) is 2.25. The lowest BCUT2D eigenvalue weighted by Gasteiger charge is -2.17. The van der Waals surface area contributed by atoms with E-state index in [1.54, 1.807) is 23.7 Å². The van der Waals surface area contributed by atoms with Crippen LogP contribution in [0, 0.1) is 0 Å². The van der Waals surface area contributed by atoms with Crippen LogP contribution in [0.5, 0.6) is 0 Å². The van der Waals surface area contributed by atoms with Crippen molar-refractivity contribution in [2.75, 3.05) is 6.54 Å². The van der Waals surface area contributed by atoms with Crippen LogP contribution in [0.3, 0.4) is 0 Å². The third-order valence-electron chi connectivity index (χ3n) is 2.72. The number of thiazole rings is 1. The highest BCUT2D eigenvalue weighted by atomic mass is 35.5. The molecule has 2 rings (SSSR count). The maximum absolute atomic E-state index is 6.16. The average molecular weight is 282 g/mol. The number of pyridine rings is 1. The van der Waals surface area contributed by atoms with Gasteiger partial charge in [-0.1, -0.05) is 18.5 Å². The molecule has 2 heterocycles. The fourth-order valence-corrected chi connectivity index (χ4v) is 2.67. The first-order chi connectivity index (χ1) is 8.81. The molecule has 0 spiro atoms. The molecule has 0 aliphatic heterocycles. The molecule has 18 heavy (non-hydrogen) atoms. The summed E-state index contributed by atoms with van der Waals surface area (Å²) in [5.41, 5.74) is 2.98. The predicted molar refractivity (Wildman–Crippen MR) is 76.1 cm³/mol. The van der Waals surface area contributed by atoms with Crippen molar-refractivity contribution in [2.24, 2.45) is 0 Å². The van der Waals surface area contributed by atoms with Crippen molar-refractivity contribution in [3.63, 3.8) is 0 Å². The van der Waals surface area contributed by atoms with Crippen LogP contribution in [0.2, 0.25) is 5.02 Å². The van der Waals surface area contributed by atoms with Crippen molar-refractivity contribution in [1.29, 1.82) is 0 Å². The molecule has 2 aromatic rings. The van der Waals surface area contributed by atoms with Crippen molar-refractivity contribution in [3.8, 4) is 0 Å². The lowest BCUT2D eigenvalue weighted by Crippen LogP contribution is -2.23. The summed E-state index contributed by atoms with van der Waals surface area (Å²) in [6.07, 6.45) is 7.38. The van der Waals surface area contributed by atoms with Crippen LogP contribution < -0.4 is 5.32 Å². The molecule has 0 bridgehead atoms. The summed E-state index contributed by atoms with van der Waals surface area (Å²) in [7, 11) is 0. The molecular formula is C13H16ClN3S. The third kappa shape index (κ3) is 3.51. The number of aromatic nitrogens is 2. The molecule has 1 unspecified atom stereocenters. The molecular weight excluding hydrogens is 266 g/mol. The lowest BCUT2D eigenvalue weighted by atomic mass is 10.1. The quantitative estimate of drug-likeness (QED) is 0.881. The van der Waals surface area contributed by atoms with Crippen molar-refractivity contribution in [3.05, 3.63) is 45.6 Å². The predicted octanol–water partition coefficient (Wildman–Crippen LogP) is 3.47. The smallest absolute Gasteiger partial charge is 0.0794 e. The van der Waals surface area contributed by atoms with E-state index in [4.69, 9.17) is 11.6 Å². The molecule has 0 saturated heterocycles. The van der Waals surface area contributed by atoms with Gasteiger partial charge in [0.1, 0.15) is 0 Å². The van der Waals surface area contributed by atoms with E-state index in [9.17, 15) is 0 Å². The Morgan fingerprint density at radius 3 is 2.94 bits per heavy atom. The molecule has 0 fully saturated rings. The van der Waals surface area contributed by atoms with Crippen molar-refractivity contribution < 1.29 is 0 Å². The van der Waals surface area contributed by atoms with E-state index in [1.165, 1.54) is 4.88 Å². The normalized spacial score (nSPS) is 12.6. The van der Waals surface area contributed by atoms with E-state index in [0.717, 1.165) is 30.0 Å². The second kappa shape index (κ2) is 6.83. The molecule has 5 heteroatoms. The van der Waals surface area contributed by atoms with Gasteiger partial charge in [0.05, 0.1) is 10.5 Å². The first kappa shape index (κ1) is 13.5. The van der Waals surface area contributed by atoms with E-state index >= 15 is 0 Å². The van der Waals surface area contributed by atoms with Gasteiger partial charge in [0, 0.05) is 29.5 Å². The van der Waals surface area contributed by atoms with Crippen LogP contribution >= 0.6 is 22.9 Å². The van der Waals surface area contributed by atoms with Crippen LogP contribution in [0.4, 0.5) is 0 Å². The van der Waals surface area contributed by atoms with Gasteiger partial charge in [0.2, 0.25) is 0 Å². The number of nitrogens with zero attached hydrogens (tertiary/aromatic N) is 2. The Labute approximate surface area is 116 Å². The zero-order valence-corrected chi connectivity index (χ0v) is 11.8. The van der Waals surface area contributed by atoms with E-state index < -0.39 is 0 Å². The minimum absolute atomic E-state index is 0.275. The zero-order valence-electron chi connectivity index (χ0n) is 10.3. The second-order valence-electron chi connectivity index (χ2n) is 4.08. The zero-order chi connectivity index (χ0) is 12.8. The molecule has 3 nitrogen and oxygen atoms in total. The standard InChI is InChI=1S/C13H16ClN3S/c1-2-4-17-12(13-8-16-9-18-13)6-10-3-5-15-7-11(10)14/h3,5,7-9,12,17H,2,4,6H2,1H3. The van der Waals surface area contributed by atoms with E-state index in [2.05, 4.69) is 22.2 Å².